The van der Waals surface area contributed by atoms with Crippen LogP contribution in [0.1, 0.15) is 38.5 Å². The molecule has 0 aliphatic carbocycles. The Kier molecular flexibility index (Phi) is 4.58. The Morgan fingerprint density at radius 3 is 2.72 bits per heavy atom. The summed E-state index contributed by atoms with van der Waals surface area (Å²) in [4.78, 5) is 24.8. The molecule has 2 saturated heterocycles. The van der Waals surface area contributed by atoms with E-state index in [9.17, 15) is 9.59 Å². The number of nitrogens with zero attached hydrogens (tertiary/aromatic N) is 1. The third-order valence-corrected chi connectivity index (χ3v) is 3.75. The van der Waals surface area contributed by atoms with Crippen molar-refractivity contribution in [2.24, 2.45) is 5.92 Å². The molecule has 2 heterocycles. The number of likely N-dealkylation sites (tertiary alicyclic amines) is 1. The van der Waals surface area contributed by atoms with E-state index in [2.05, 4.69) is 0 Å². The molecule has 2 fully saturated rings. The molecular weight excluding hydrogens is 234 g/mol. The van der Waals surface area contributed by atoms with Gasteiger partial charge >= 0.3 is 5.97 Å². The number of ether oxygens (including phenoxy) is 1. The van der Waals surface area contributed by atoms with Crippen LogP contribution in [0.5, 0.6) is 0 Å². The van der Waals surface area contributed by atoms with Crippen LogP contribution in [0, 0.1) is 5.92 Å². The Morgan fingerprint density at radius 1 is 1.22 bits per heavy atom. The van der Waals surface area contributed by atoms with Gasteiger partial charge in [0.05, 0.1) is 0 Å². The number of rotatable bonds is 3. The normalized spacial score (nSPS) is 29.0. The summed E-state index contributed by atoms with van der Waals surface area (Å²) >= 11 is 0. The molecule has 18 heavy (non-hydrogen) atoms. The number of amides is 1. The van der Waals surface area contributed by atoms with Gasteiger partial charge in [0.15, 0.2) is 0 Å². The van der Waals surface area contributed by atoms with Crippen molar-refractivity contribution in [3.05, 3.63) is 0 Å². The van der Waals surface area contributed by atoms with Gasteiger partial charge in [0.25, 0.3) is 5.91 Å². The summed E-state index contributed by atoms with van der Waals surface area (Å²) in [6, 6.07) is 0. The minimum absolute atomic E-state index is 0.0600. The highest BCUT2D eigenvalue weighted by atomic mass is 16.5. The number of carbonyl (C=O) groups excluding carboxylic acids is 1. The second-order valence-electron chi connectivity index (χ2n) is 5.25. The highest BCUT2D eigenvalue weighted by molar-refractivity contribution is 5.81. The monoisotopic (exact) mass is 255 g/mol. The summed E-state index contributed by atoms with van der Waals surface area (Å²) in [6.45, 7) is 1.99. The molecule has 5 heteroatoms. The number of carboxylic acid groups (broad SMARTS) is 1. The fourth-order valence-corrected chi connectivity index (χ4v) is 2.82. The lowest BCUT2D eigenvalue weighted by Crippen LogP contribution is -2.46. The smallest absolute Gasteiger partial charge is 0.303 e. The van der Waals surface area contributed by atoms with Gasteiger partial charge in [-0.2, -0.15) is 0 Å². The van der Waals surface area contributed by atoms with E-state index in [0.717, 1.165) is 38.6 Å². The first-order chi connectivity index (χ1) is 8.66. The standard InChI is InChI=1S/C13H21NO4/c15-12(16)8-10-4-3-6-14(9-10)13(17)11-5-1-2-7-18-11/h10-11H,1-9H2,(H,15,16). The lowest BCUT2D eigenvalue weighted by atomic mass is 9.94. The molecule has 102 valence electrons. The third-order valence-electron chi connectivity index (χ3n) is 3.75. The average molecular weight is 255 g/mol. The van der Waals surface area contributed by atoms with Gasteiger partial charge in [-0.05, 0) is 38.0 Å². The highest BCUT2D eigenvalue weighted by Gasteiger charge is 2.31. The minimum atomic E-state index is -0.775. The first-order valence-corrected chi connectivity index (χ1v) is 6.79. The lowest BCUT2D eigenvalue weighted by molar-refractivity contribution is -0.149. The molecule has 5 nitrogen and oxygen atoms in total. The van der Waals surface area contributed by atoms with E-state index in [1.165, 1.54) is 0 Å². The lowest BCUT2D eigenvalue weighted by Gasteiger charge is -2.35. The van der Waals surface area contributed by atoms with E-state index in [-0.39, 0.29) is 24.3 Å². The second kappa shape index (κ2) is 6.18. The van der Waals surface area contributed by atoms with Crippen molar-refractivity contribution in [2.45, 2.75) is 44.6 Å². The summed E-state index contributed by atoms with van der Waals surface area (Å²) in [5.41, 5.74) is 0. The van der Waals surface area contributed by atoms with Crippen LogP contribution in [0.2, 0.25) is 0 Å². The van der Waals surface area contributed by atoms with Gasteiger partial charge in [-0.15, -0.1) is 0 Å². The van der Waals surface area contributed by atoms with Crippen molar-refractivity contribution >= 4 is 11.9 Å². The van der Waals surface area contributed by atoms with Crippen LogP contribution in [-0.2, 0) is 14.3 Å². The predicted octanol–water partition coefficient (Wildman–Crippen LogP) is 1.27. The fraction of sp³-hybridized carbons (Fsp3) is 0.846. The number of carbonyl (C=O) groups is 2. The molecule has 0 bridgehead atoms. The summed E-state index contributed by atoms with van der Waals surface area (Å²) in [6.07, 6.45) is 4.56. The number of piperidine rings is 1. The Hall–Kier alpha value is -1.10. The van der Waals surface area contributed by atoms with Crippen molar-refractivity contribution in [3.63, 3.8) is 0 Å². The van der Waals surface area contributed by atoms with E-state index in [0.29, 0.717) is 13.2 Å². The highest BCUT2D eigenvalue weighted by Crippen LogP contribution is 2.22. The van der Waals surface area contributed by atoms with Crippen LogP contribution >= 0.6 is 0 Å². The summed E-state index contributed by atoms with van der Waals surface area (Å²) in [5, 5.41) is 8.81. The van der Waals surface area contributed by atoms with Crippen LogP contribution in [0.3, 0.4) is 0 Å². The van der Waals surface area contributed by atoms with Crippen molar-refractivity contribution in [1.82, 2.24) is 4.90 Å². The van der Waals surface area contributed by atoms with Gasteiger partial charge in [-0.25, -0.2) is 0 Å². The van der Waals surface area contributed by atoms with Crippen LogP contribution in [0.15, 0.2) is 0 Å². The molecule has 2 rings (SSSR count). The topological polar surface area (TPSA) is 66.8 Å². The van der Waals surface area contributed by atoms with Crippen LogP contribution < -0.4 is 0 Å². The molecule has 0 saturated carbocycles. The van der Waals surface area contributed by atoms with Crippen molar-refractivity contribution < 1.29 is 19.4 Å². The molecule has 2 atom stereocenters. The van der Waals surface area contributed by atoms with E-state index < -0.39 is 5.97 Å². The predicted molar refractivity (Wildman–Crippen MR) is 65.1 cm³/mol. The van der Waals surface area contributed by atoms with Crippen LogP contribution in [0.25, 0.3) is 0 Å². The first-order valence-electron chi connectivity index (χ1n) is 6.79. The van der Waals surface area contributed by atoms with E-state index in [1.54, 1.807) is 4.90 Å². The maximum Gasteiger partial charge on any atom is 0.303 e. The molecule has 0 aromatic rings. The zero-order valence-corrected chi connectivity index (χ0v) is 10.6. The molecule has 0 spiro atoms. The Morgan fingerprint density at radius 2 is 2.06 bits per heavy atom. The number of aliphatic carboxylic acids is 1. The SMILES string of the molecule is O=C(O)CC1CCCN(C(=O)C2CCCCO2)C1. The largest absolute Gasteiger partial charge is 0.481 e. The van der Waals surface area contributed by atoms with E-state index >= 15 is 0 Å². The van der Waals surface area contributed by atoms with Gasteiger partial charge in [0.2, 0.25) is 0 Å². The van der Waals surface area contributed by atoms with Crippen molar-refractivity contribution in [2.75, 3.05) is 19.7 Å². The number of carboxylic acids is 1. The first kappa shape index (κ1) is 13.3. The molecule has 1 N–H and O–H groups in total. The van der Waals surface area contributed by atoms with Gasteiger partial charge in [-0.3, -0.25) is 9.59 Å². The van der Waals surface area contributed by atoms with Gasteiger partial charge in [0.1, 0.15) is 6.10 Å². The Balaban J connectivity index is 1.87. The van der Waals surface area contributed by atoms with Crippen LogP contribution in [-0.4, -0.2) is 47.7 Å². The van der Waals surface area contributed by atoms with Gasteiger partial charge in [0, 0.05) is 26.1 Å². The number of hydrogen-bond acceptors (Lipinski definition) is 3. The zero-order chi connectivity index (χ0) is 13.0. The number of hydrogen-bond donors (Lipinski definition) is 1. The maximum atomic E-state index is 12.2. The third kappa shape index (κ3) is 3.45. The quantitative estimate of drug-likeness (QED) is 0.824. The summed E-state index contributed by atoms with van der Waals surface area (Å²) < 4.78 is 5.50. The molecular formula is C13H21NO4. The van der Waals surface area contributed by atoms with Crippen molar-refractivity contribution in [3.8, 4) is 0 Å². The zero-order valence-electron chi connectivity index (χ0n) is 10.6. The van der Waals surface area contributed by atoms with Crippen molar-refractivity contribution in [1.29, 1.82) is 0 Å². The molecule has 2 unspecified atom stereocenters. The minimum Gasteiger partial charge on any atom is -0.481 e. The Labute approximate surface area is 107 Å². The Bertz CT molecular complexity index is 312. The fourth-order valence-electron chi connectivity index (χ4n) is 2.82. The van der Waals surface area contributed by atoms with Gasteiger partial charge in [-0.1, -0.05) is 0 Å². The summed E-state index contributed by atoms with van der Waals surface area (Å²) in [5.74, 6) is -0.614. The second-order valence-corrected chi connectivity index (χ2v) is 5.25. The summed E-state index contributed by atoms with van der Waals surface area (Å²) in [7, 11) is 0. The molecule has 2 aliphatic rings. The van der Waals surface area contributed by atoms with Gasteiger partial charge < -0.3 is 14.7 Å². The maximum absolute atomic E-state index is 12.2. The molecule has 0 radical (unpaired) electrons. The average Bonchev–Trinajstić information content (AvgIpc) is 2.38. The molecule has 2 aliphatic heterocycles. The van der Waals surface area contributed by atoms with E-state index in [4.69, 9.17) is 9.84 Å². The van der Waals surface area contributed by atoms with Crippen LogP contribution in [0.4, 0.5) is 0 Å². The van der Waals surface area contributed by atoms with E-state index in [1.807, 2.05) is 0 Å². The molecule has 1 amide bonds. The molecule has 0 aromatic carbocycles. The molecule has 0 aromatic heterocycles.